The molecule has 0 aromatic heterocycles. The first-order chi connectivity index (χ1) is 8.76. The van der Waals surface area contributed by atoms with Gasteiger partial charge in [0.25, 0.3) is 5.92 Å². The summed E-state index contributed by atoms with van der Waals surface area (Å²) in [7, 11) is 0. The monoisotopic (exact) mass is 396 g/mol. The second-order valence-corrected chi connectivity index (χ2v) is 5.77. The predicted molar refractivity (Wildman–Crippen MR) is 55.7 cm³/mol. The normalized spacial score (nSPS) is 23.9. The number of ether oxygens (including phenoxy) is 1. The molecule has 1 atom stereocenters. The Labute approximate surface area is 119 Å². The molecule has 1 aliphatic rings. The Kier molecular flexibility index (Phi) is 4.61. The Balaban J connectivity index is 3.09. The van der Waals surface area contributed by atoms with E-state index >= 15 is 0 Å². The summed E-state index contributed by atoms with van der Waals surface area (Å²) in [4.78, 5) is 6.28. The summed E-state index contributed by atoms with van der Waals surface area (Å²) in [5, 5.41) is -3.26. The SMILES string of the molecule is O=C1OC(C(F)(F)F)(C(F)(F)F)SC1CC(F)(F)CBr. The van der Waals surface area contributed by atoms with Crippen molar-refractivity contribution in [3.05, 3.63) is 0 Å². The number of rotatable bonds is 3. The largest absolute Gasteiger partial charge is 0.448 e. The Bertz CT molecular complexity index is 379. The van der Waals surface area contributed by atoms with Gasteiger partial charge in [0.2, 0.25) is 0 Å². The summed E-state index contributed by atoms with van der Waals surface area (Å²) < 4.78 is 105. The van der Waals surface area contributed by atoms with Crippen molar-refractivity contribution in [3.8, 4) is 0 Å². The van der Waals surface area contributed by atoms with Crippen LogP contribution in [0.3, 0.4) is 0 Å². The molecule has 118 valence electrons. The molecular formula is C8H5BrF8O2S. The van der Waals surface area contributed by atoms with Crippen LogP contribution in [0.1, 0.15) is 6.42 Å². The minimum Gasteiger partial charge on any atom is -0.428 e. The highest BCUT2D eigenvalue weighted by Gasteiger charge is 2.79. The first-order valence-corrected chi connectivity index (χ1v) is 6.74. The topological polar surface area (TPSA) is 26.3 Å². The van der Waals surface area contributed by atoms with Crippen molar-refractivity contribution in [1.29, 1.82) is 0 Å². The molecule has 1 fully saturated rings. The third kappa shape index (κ3) is 3.15. The van der Waals surface area contributed by atoms with Gasteiger partial charge in [-0.3, -0.25) is 4.79 Å². The van der Waals surface area contributed by atoms with E-state index in [9.17, 15) is 39.9 Å². The highest BCUT2D eigenvalue weighted by Crippen LogP contribution is 2.59. The smallest absolute Gasteiger partial charge is 0.428 e. The minimum absolute atomic E-state index is 1.00. The van der Waals surface area contributed by atoms with Gasteiger partial charge in [0.05, 0.1) is 5.33 Å². The molecule has 0 saturated carbocycles. The number of carbonyl (C=O) groups excluding carboxylic acids is 1. The van der Waals surface area contributed by atoms with Crippen LogP contribution in [-0.2, 0) is 9.53 Å². The van der Waals surface area contributed by atoms with E-state index < -0.39 is 57.9 Å². The Morgan fingerprint density at radius 2 is 1.55 bits per heavy atom. The number of thioether (sulfide) groups is 1. The minimum atomic E-state index is -5.97. The molecule has 0 amide bonds. The zero-order valence-electron chi connectivity index (χ0n) is 9.12. The molecule has 0 N–H and O–H groups in total. The molecule has 1 heterocycles. The lowest BCUT2D eigenvalue weighted by Crippen LogP contribution is -2.54. The van der Waals surface area contributed by atoms with Crippen molar-refractivity contribution < 1.29 is 44.7 Å². The van der Waals surface area contributed by atoms with E-state index in [1.165, 1.54) is 0 Å². The molecule has 1 saturated heterocycles. The van der Waals surface area contributed by atoms with Crippen LogP contribution in [0.4, 0.5) is 35.1 Å². The van der Waals surface area contributed by atoms with Gasteiger partial charge in [-0.15, -0.1) is 0 Å². The van der Waals surface area contributed by atoms with Gasteiger partial charge in [-0.2, -0.15) is 26.3 Å². The average Bonchev–Trinajstić information content (AvgIpc) is 2.55. The molecule has 0 aromatic rings. The summed E-state index contributed by atoms with van der Waals surface area (Å²) in [6.07, 6.45) is -13.4. The standard InChI is InChI=1S/C8H5BrF8O2S/c9-2-5(10,11)1-3-4(18)19-6(20-3,7(12,13)14)8(15,16)17/h3H,1-2H2. The van der Waals surface area contributed by atoms with Crippen LogP contribution < -0.4 is 0 Å². The second-order valence-electron chi connectivity index (χ2n) is 3.83. The molecule has 1 rings (SSSR count). The van der Waals surface area contributed by atoms with Crippen molar-refractivity contribution in [3.63, 3.8) is 0 Å². The van der Waals surface area contributed by atoms with Gasteiger partial charge < -0.3 is 4.74 Å². The number of esters is 1. The number of cyclic esters (lactones) is 1. The molecule has 0 radical (unpaired) electrons. The maximum Gasteiger partial charge on any atom is 0.448 e. The molecule has 1 unspecified atom stereocenters. The highest BCUT2D eigenvalue weighted by molar-refractivity contribution is 9.09. The van der Waals surface area contributed by atoms with Crippen LogP contribution in [0.2, 0.25) is 0 Å². The predicted octanol–water partition coefficient (Wildman–Crippen LogP) is 3.89. The second kappa shape index (κ2) is 5.18. The summed E-state index contributed by atoms with van der Waals surface area (Å²) in [6, 6.07) is 0. The van der Waals surface area contributed by atoms with Gasteiger partial charge in [-0.25, -0.2) is 8.78 Å². The van der Waals surface area contributed by atoms with E-state index in [-0.39, 0.29) is 0 Å². The maximum atomic E-state index is 13.0. The van der Waals surface area contributed by atoms with E-state index in [2.05, 4.69) is 20.7 Å². The molecule has 12 heteroatoms. The van der Waals surface area contributed by atoms with Crippen LogP contribution in [0.5, 0.6) is 0 Å². The van der Waals surface area contributed by atoms with Crippen molar-refractivity contribution in [1.82, 2.24) is 0 Å². The number of carbonyl (C=O) groups is 1. The van der Waals surface area contributed by atoms with Crippen LogP contribution in [0.25, 0.3) is 0 Å². The Morgan fingerprint density at radius 1 is 1.10 bits per heavy atom. The van der Waals surface area contributed by atoms with E-state index in [1.807, 2.05) is 0 Å². The molecule has 20 heavy (non-hydrogen) atoms. The van der Waals surface area contributed by atoms with E-state index in [0.717, 1.165) is 0 Å². The number of hydrogen-bond acceptors (Lipinski definition) is 3. The number of hydrogen-bond donors (Lipinski definition) is 0. The maximum absolute atomic E-state index is 13.0. The molecule has 0 aromatic carbocycles. The molecule has 0 spiro atoms. The van der Waals surface area contributed by atoms with Crippen molar-refractivity contribution in [2.45, 2.75) is 34.9 Å². The highest BCUT2D eigenvalue weighted by atomic mass is 79.9. The molecular weight excluding hydrogens is 392 g/mol. The fraction of sp³-hybridized carbons (Fsp3) is 0.875. The number of alkyl halides is 9. The summed E-state index contributed by atoms with van der Waals surface area (Å²) >= 11 is 1.35. The lowest BCUT2D eigenvalue weighted by molar-refractivity contribution is -0.327. The molecule has 0 bridgehead atoms. The quantitative estimate of drug-likeness (QED) is 0.411. The fourth-order valence-corrected chi connectivity index (χ4v) is 2.84. The lowest BCUT2D eigenvalue weighted by Gasteiger charge is -2.30. The number of halogens is 9. The zero-order valence-corrected chi connectivity index (χ0v) is 11.5. The van der Waals surface area contributed by atoms with E-state index in [0.29, 0.717) is 0 Å². The third-order valence-corrected chi connectivity index (χ3v) is 4.58. The first-order valence-electron chi connectivity index (χ1n) is 4.74. The third-order valence-electron chi connectivity index (χ3n) is 2.24. The van der Waals surface area contributed by atoms with Gasteiger partial charge in [0.1, 0.15) is 5.25 Å². The first kappa shape index (κ1) is 17.8. The van der Waals surface area contributed by atoms with E-state index in [4.69, 9.17) is 0 Å². The van der Waals surface area contributed by atoms with Gasteiger partial charge in [0.15, 0.2) is 0 Å². The van der Waals surface area contributed by atoms with Crippen LogP contribution >= 0.6 is 27.7 Å². The van der Waals surface area contributed by atoms with Crippen LogP contribution in [0.15, 0.2) is 0 Å². The summed E-state index contributed by atoms with van der Waals surface area (Å²) in [5.41, 5.74) is 0. The van der Waals surface area contributed by atoms with Crippen molar-refractivity contribution in [2.24, 2.45) is 0 Å². The molecule has 2 nitrogen and oxygen atoms in total. The molecule has 1 aliphatic heterocycles. The zero-order chi connectivity index (χ0) is 16.0. The van der Waals surface area contributed by atoms with Crippen molar-refractivity contribution >= 4 is 33.7 Å². The Hall–Kier alpha value is -0.260. The van der Waals surface area contributed by atoms with Crippen LogP contribution in [0, 0.1) is 0 Å². The fourth-order valence-electron chi connectivity index (χ4n) is 1.34. The Morgan fingerprint density at radius 3 is 1.85 bits per heavy atom. The lowest BCUT2D eigenvalue weighted by atomic mass is 10.2. The van der Waals surface area contributed by atoms with Gasteiger partial charge >= 0.3 is 23.3 Å². The van der Waals surface area contributed by atoms with Gasteiger partial charge in [-0.05, 0) is 0 Å². The summed E-state index contributed by atoms with van der Waals surface area (Å²) in [5.74, 6) is -5.60. The average molecular weight is 397 g/mol. The van der Waals surface area contributed by atoms with Gasteiger partial charge in [0, 0.05) is 6.42 Å². The summed E-state index contributed by atoms with van der Waals surface area (Å²) in [6.45, 7) is 0. The molecule has 0 aliphatic carbocycles. The van der Waals surface area contributed by atoms with Crippen molar-refractivity contribution in [2.75, 3.05) is 5.33 Å². The van der Waals surface area contributed by atoms with Gasteiger partial charge in [-0.1, -0.05) is 27.7 Å². The van der Waals surface area contributed by atoms with Crippen LogP contribution in [-0.4, -0.2) is 39.8 Å². The van der Waals surface area contributed by atoms with E-state index in [1.54, 1.807) is 0 Å².